The summed E-state index contributed by atoms with van der Waals surface area (Å²) in [6.07, 6.45) is 3.02. The molecule has 2 nitrogen and oxygen atoms in total. The minimum atomic E-state index is 0.197. The molecule has 0 bridgehead atoms. The first-order valence-corrected chi connectivity index (χ1v) is 8.18. The summed E-state index contributed by atoms with van der Waals surface area (Å²) in [5, 5.41) is 6.78. The van der Waals surface area contributed by atoms with Crippen molar-refractivity contribution in [2.24, 2.45) is 5.92 Å². The SMILES string of the molecule is CC(C)Cc1ccc(C(NC(C)C)c2nccs2)cc1. The van der Waals surface area contributed by atoms with E-state index in [4.69, 9.17) is 0 Å². The number of thiazole rings is 1. The maximum atomic E-state index is 4.47. The van der Waals surface area contributed by atoms with E-state index in [9.17, 15) is 0 Å². The summed E-state index contributed by atoms with van der Waals surface area (Å²) in [5.41, 5.74) is 2.70. The van der Waals surface area contributed by atoms with Crippen molar-refractivity contribution in [3.05, 3.63) is 52.0 Å². The smallest absolute Gasteiger partial charge is 0.114 e. The molecule has 1 heterocycles. The van der Waals surface area contributed by atoms with Gasteiger partial charge in [0.25, 0.3) is 0 Å². The predicted octanol–water partition coefficient (Wildman–Crippen LogP) is 4.43. The van der Waals surface area contributed by atoms with Crippen LogP contribution >= 0.6 is 11.3 Å². The monoisotopic (exact) mass is 288 g/mol. The zero-order valence-electron chi connectivity index (χ0n) is 12.8. The average molecular weight is 288 g/mol. The van der Waals surface area contributed by atoms with E-state index in [1.165, 1.54) is 11.1 Å². The van der Waals surface area contributed by atoms with Crippen molar-refractivity contribution >= 4 is 11.3 Å². The van der Waals surface area contributed by atoms with Crippen LogP contribution in [0.2, 0.25) is 0 Å². The Labute approximate surface area is 126 Å². The topological polar surface area (TPSA) is 24.9 Å². The highest BCUT2D eigenvalue weighted by Gasteiger charge is 2.17. The Morgan fingerprint density at radius 3 is 2.30 bits per heavy atom. The van der Waals surface area contributed by atoms with Gasteiger partial charge in [-0.05, 0) is 37.3 Å². The van der Waals surface area contributed by atoms with Crippen molar-refractivity contribution < 1.29 is 0 Å². The number of rotatable bonds is 6. The minimum absolute atomic E-state index is 0.197. The Morgan fingerprint density at radius 2 is 1.80 bits per heavy atom. The van der Waals surface area contributed by atoms with Crippen LogP contribution in [0.25, 0.3) is 0 Å². The highest BCUT2D eigenvalue weighted by atomic mass is 32.1. The van der Waals surface area contributed by atoms with Gasteiger partial charge in [0.15, 0.2) is 0 Å². The Morgan fingerprint density at radius 1 is 1.10 bits per heavy atom. The van der Waals surface area contributed by atoms with Gasteiger partial charge in [-0.15, -0.1) is 11.3 Å². The van der Waals surface area contributed by atoms with Gasteiger partial charge in [-0.2, -0.15) is 0 Å². The molecule has 0 aliphatic rings. The molecule has 0 amide bonds. The standard InChI is InChI=1S/C17H24N2S/c1-12(2)11-14-5-7-15(8-6-14)16(19-13(3)4)17-18-9-10-20-17/h5-10,12-13,16,19H,11H2,1-4H3. The molecule has 1 N–H and O–H groups in total. The predicted molar refractivity (Wildman–Crippen MR) is 87.2 cm³/mol. The Kier molecular flexibility index (Phi) is 5.32. The van der Waals surface area contributed by atoms with Gasteiger partial charge in [-0.1, -0.05) is 38.1 Å². The Bertz CT molecular complexity index is 500. The molecule has 2 rings (SSSR count). The molecule has 0 saturated carbocycles. The third-order valence-electron chi connectivity index (χ3n) is 3.16. The van der Waals surface area contributed by atoms with Crippen LogP contribution in [0.4, 0.5) is 0 Å². The molecule has 2 aromatic rings. The van der Waals surface area contributed by atoms with Gasteiger partial charge in [-0.25, -0.2) is 4.98 Å². The molecule has 20 heavy (non-hydrogen) atoms. The van der Waals surface area contributed by atoms with Crippen LogP contribution in [0, 0.1) is 5.92 Å². The number of hydrogen-bond donors (Lipinski definition) is 1. The van der Waals surface area contributed by atoms with Crippen LogP contribution < -0.4 is 5.32 Å². The molecule has 3 heteroatoms. The molecular weight excluding hydrogens is 264 g/mol. The van der Waals surface area contributed by atoms with Gasteiger partial charge < -0.3 is 5.32 Å². The van der Waals surface area contributed by atoms with E-state index >= 15 is 0 Å². The van der Waals surface area contributed by atoms with E-state index in [-0.39, 0.29) is 6.04 Å². The largest absolute Gasteiger partial charge is 0.302 e. The van der Waals surface area contributed by atoms with Crippen LogP contribution in [0.15, 0.2) is 35.8 Å². The molecule has 0 spiro atoms. The molecule has 1 atom stereocenters. The number of nitrogens with zero attached hydrogens (tertiary/aromatic N) is 1. The summed E-state index contributed by atoms with van der Waals surface area (Å²) in [7, 11) is 0. The van der Waals surface area contributed by atoms with E-state index in [0.717, 1.165) is 11.4 Å². The molecule has 0 aliphatic heterocycles. The van der Waals surface area contributed by atoms with Crippen molar-refractivity contribution in [3.8, 4) is 0 Å². The first kappa shape index (κ1) is 15.2. The molecule has 1 aromatic carbocycles. The summed E-state index contributed by atoms with van der Waals surface area (Å²) in [6.45, 7) is 8.86. The van der Waals surface area contributed by atoms with Crippen molar-refractivity contribution in [1.82, 2.24) is 10.3 Å². The second-order valence-electron chi connectivity index (χ2n) is 5.96. The lowest BCUT2D eigenvalue weighted by atomic mass is 9.99. The maximum Gasteiger partial charge on any atom is 0.114 e. The average Bonchev–Trinajstić information content (AvgIpc) is 2.90. The van der Waals surface area contributed by atoms with Gasteiger partial charge in [0, 0.05) is 17.6 Å². The van der Waals surface area contributed by atoms with Crippen molar-refractivity contribution in [2.75, 3.05) is 0 Å². The fourth-order valence-electron chi connectivity index (χ4n) is 2.34. The normalized spacial score (nSPS) is 13.1. The number of nitrogens with one attached hydrogen (secondary N) is 1. The van der Waals surface area contributed by atoms with Crippen LogP contribution in [0.3, 0.4) is 0 Å². The summed E-state index contributed by atoms with van der Waals surface area (Å²) in [6, 6.07) is 9.59. The van der Waals surface area contributed by atoms with Crippen molar-refractivity contribution in [2.45, 2.75) is 46.2 Å². The summed E-state index contributed by atoms with van der Waals surface area (Å²) in [4.78, 5) is 4.47. The van der Waals surface area contributed by atoms with Crippen molar-refractivity contribution in [3.63, 3.8) is 0 Å². The zero-order valence-corrected chi connectivity index (χ0v) is 13.6. The van der Waals surface area contributed by atoms with Crippen LogP contribution in [-0.4, -0.2) is 11.0 Å². The lowest BCUT2D eigenvalue weighted by Crippen LogP contribution is -2.28. The van der Waals surface area contributed by atoms with E-state index < -0.39 is 0 Å². The second-order valence-corrected chi connectivity index (χ2v) is 6.89. The number of benzene rings is 1. The van der Waals surface area contributed by atoms with Crippen LogP contribution in [0.5, 0.6) is 0 Å². The highest BCUT2D eigenvalue weighted by Crippen LogP contribution is 2.25. The van der Waals surface area contributed by atoms with Crippen LogP contribution in [0.1, 0.15) is 49.9 Å². The number of aromatic nitrogens is 1. The fourth-order valence-corrected chi connectivity index (χ4v) is 3.06. The minimum Gasteiger partial charge on any atom is -0.302 e. The van der Waals surface area contributed by atoms with E-state index in [0.29, 0.717) is 12.0 Å². The molecule has 0 fully saturated rings. The van der Waals surface area contributed by atoms with E-state index in [2.05, 4.69) is 62.3 Å². The molecule has 0 saturated heterocycles. The highest BCUT2D eigenvalue weighted by molar-refractivity contribution is 7.09. The molecule has 0 aliphatic carbocycles. The second kappa shape index (κ2) is 7.00. The zero-order chi connectivity index (χ0) is 14.5. The molecule has 1 aromatic heterocycles. The van der Waals surface area contributed by atoms with Gasteiger partial charge in [0.05, 0.1) is 6.04 Å². The Hall–Kier alpha value is -1.19. The lowest BCUT2D eigenvalue weighted by molar-refractivity contribution is 0.527. The number of hydrogen-bond acceptors (Lipinski definition) is 3. The molecule has 108 valence electrons. The van der Waals surface area contributed by atoms with Gasteiger partial charge in [-0.3, -0.25) is 0 Å². The third kappa shape index (κ3) is 4.15. The van der Waals surface area contributed by atoms with E-state index in [1.807, 2.05) is 11.6 Å². The van der Waals surface area contributed by atoms with Crippen molar-refractivity contribution in [1.29, 1.82) is 0 Å². The maximum absolute atomic E-state index is 4.47. The molecule has 1 unspecified atom stereocenters. The molecular formula is C17H24N2S. The van der Waals surface area contributed by atoms with Crippen LogP contribution in [-0.2, 0) is 6.42 Å². The van der Waals surface area contributed by atoms with Gasteiger partial charge >= 0.3 is 0 Å². The summed E-state index contributed by atoms with van der Waals surface area (Å²) >= 11 is 1.71. The molecule has 0 radical (unpaired) electrons. The first-order chi connectivity index (χ1) is 9.56. The fraction of sp³-hybridized carbons (Fsp3) is 0.471. The summed E-state index contributed by atoms with van der Waals surface area (Å²) < 4.78 is 0. The summed E-state index contributed by atoms with van der Waals surface area (Å²) in [5.74, 6) is 0.699. The quantitative estimate of drug-likeness (QED) is 0.850. The van der Waals surface area contributed by atoms with E-state index in [1.54, 1.807) is 11.3 Å². The third-order valence-corrected chi connectivity index (χ3v) is 4.00. The first-order valence-electron chi connectivity index (χ1n) is 7.30. The Balaban J connectivity index is 2.20. The van der Waals surface area contributed by atoms with Gasteiger partial charge in [0.2, 0.25) is 0 Å². The lowest BCUT2D eigenvalue weighted by Gasteiger charge is -2.20. The van der Waals surface area contributed by atoms with Gasteiger partial charge in [0.1, 0.15) is 5.01 Å².